The Kier molecular flexibility index (Phi) is 11.5. The molecule has 4 rings (SSSR count). The first-order valence-electron chi connectivity index (χ1n) is 15.3. The monoisotopic (exact) mass is 566 g/mol. The van der Waals surface area contributed by atoms with Gasteiger partial charge in [0.2, 0.25) is 5.82 Å². The first-order valence-corrected chi connectivity index (χ1v) is 15.3. The van der Waals surface area contributed by atoms with Gasteiger partial charge < -0.3 is 4.74 Å². The summed E-state index contributed by atoms with van der Waals surface area (Å²) >= 11 is 0. The van der Waals surface area contributed by atoms with E-state index in [-0.39, 0.29) is 22.8 Å². The zero-order valence-corrected chi connectivity index (χ0v) is 24.3. The Balaban J connectivity index is 1.39. The highest BCUT2D eigenvalue weighted by molar-refractivity contribution is 5.72. The summed E-state index contributed by atoms with van der Waals surface area (Å²) in [6.07, 6.45) is 15.7. The zero-order valence-electron chi connectivity index (χ0n) is 24.3. The number of hydrogen-bond acceptors (Lipinski definition) is 1. The highest BCUT2D eigenvalue weighted by Gasteiger charge is 2.26. The molecule has 0 heterocycles. The van der Waals surface area contributed by atoms with Crippen molar-refractivity contribution in [2.75, 3.05) is 6.61 Å². The molecule has 0 aromatic heterocycles. The Morgan fingerprint density at radius 3 is 1.83 bits per heavy atom. The smallest absolute Gasteiger partial charge is 0.201 e. The van der Waals surface area contributed by atoms with E-state index in [4.69, 9.17) is 4.74 Å². The molecule has 1 nitrogen and oxygen atoms in total. The maximum atomic E-state index is 15.2. The summed E-state index contributed by atoms with van der Waals surface area (Å²) in [5, 5.41) is 0. The van der Waals surface area contributed by atoms with Crippen molar-refractivity contribution < 1.29 is 22.3 Å². The van der Waals surface area contributed by atoms with Crippen LogP contribution in [0.5, 0.6) is 5.75 Å². The molecule has 1 aliphatic carbocycles. The minimum absolute atomic E-state index is 0.0165. The van der Waals surface area contributed by atoms with Gasteiger partial charge in [0, 0.05) is 11.1 Å². The molecule has 0 amide bonds. The number of rotatable bonds is 13. The van der Waals surface area contributed by atoms with Crippen LogP contribution < -0.4 is 4.74 Å². The fourth-order valence-corrected chi connectivity index (χ4v) is 5.93. The lowest BCUT2D eigenvalue weighted by atomic mass is 9.78. The van der Waals surface area contributed by atoms with E-state index in [0.29, 0.717) is 29.2 Å². The van der Waals surface area contributed by atoms with Crippen molar-refractivity contribution in [2.24, 2.45) is 5.92 Å². The van der Waals surface area contributed by atoms with Crippen molar-refractivity contribution in [1.82, 2.24) is 0 Å². The minimum atomic E-state index is -1.02. The van der Waals surface area contributed by atoms with Gasteiger partial charge in [-0.25, -0.2) is 13.2 Å². The zero-order chi connectivity index (χ0) is 29.2. The molecule has 0 bridgehead atoms. The second-order valence-corrected chi connectivity index (χ2v) is 11.3. The second-order valence-electron chi connectivity index (χ2n) is 11.3. The largest absolute Gasteiger partial charge is 0.490 e. The van der Waals surface area contributed by atoms with E-state index < -0.39 is 23.3 Å². The third kappa shape index (κ3) is 7.81. The van der Waals surface area contributed by atoms with E-state index >= 15 is 8.78 Å². The Morgan fingerprint density at radius 1 is 0.659 bits per heavy atom. The van der Waals surface area contributed by atoms with Gasteiger partial charge in [0.15, 0.2) is 23.2 Å². The van der Waals surface area contributed by atoms with Gasteiger partial charge in [-0.2, -0.15) is 4.39 Å². The highest BCUT2D eigenvalue weighted by atomic mass is 19.2. The van der Waals surface area contributed by atoms with E-state index in [1.54, 1.807) is 36.4 Å². The maximum absolute atomic E-state index is 15.2. The van der Waals surface area contributed by atoms with E-state index in [0.717, 1.165) is 44.9 Å². The molecule has 1 saturated carbocycles. The molecule has 0 aliphatic heterocycles. The number of hydrogen-bond donors (Lipinski definition) is 0. The van der Waals surface area contributed by atoms with Crippen molar-refractivity contribution in [2.45, 2.75) is 90.4 Å². The van der Waals surface area contributed by atoms with Gasteiger partial charge in [-0.1, -0.05) is 94.0 Å². The Morgan fingerprint density at radius 2 is 1.22 bits per heavy atom. The Bertz CT molecular complexity index is 1290. The van der Waals surface area contributed by atoms with Crippen LogP contribution in [0.4, 0.5) is 17.6 Å². The summed E-state index contributed by atoms with van der Waals surface area (Å²) in [6, 6.07) is 12.7. The molecule has 0 N–H and O–H groups in total. The molecule has 0 spiro atoms. The average molecular weight is 567 g/mol. The highest BCUT2D eigenvalue weighted by Crippen LogP contribution is 2.39. The molecule has 1 aliphatic rings. The van der Waals surface area contributed by atoms with Gasteiger partial charge in [0.05, 0.1) is 6.61 Å². The number of unbranched alkanes of at least 4 members (excludes halogenated alkanes) is 6. The number of halogens is 4. The molecule has 0 saturated heterocycles. The molecule has 0 atom stereocenters. The van der Waals surface area contributed by atoms with Crippen molar-refractivity contribution in [3.8, 4) is 28.0 Å². The number of ether oxygens (including phenoxy) is 1. The lowest BCUT2D eigenvalue weighted by molar-refractivity contribution is 0.285. The van der Waals surface area contributed by atoms with Crippen LogP contribution in [-0.2, 0) is 0 Å². The van der Waals surface area contributed by atoms with E-state index in [2.05, 4.69) is 19.1 Å². The summed E-state index contributed by atoms with van der Waals surface area (Å²) in [4.78, 5) is 0. The second kappa shape index (κ2) is 15.2. The lowest BCUT2D eigenvalue weighted by Crippen LogP contribution is -2.13. The quantitative estimate of drug-likeness (QED) is 0.114. The topological polar surface area (TPSA) is 9.23 Å². The van der Waals surface area contributed by atoms with Crippen LogP contribution in [0.25, 0.3) is 22.3 Å². The van der Waals surface area contributed by atoms with E-state index in [9.17, 15) is 8.78 Å². The van der Waals surface area contributed by atoms with Crippen LogP contribution in [0.15, 0.2) is 60.7 Å². The van der Waals surface area contributed by atoms with Gasteiger partial charge in [-0.05, 0) is 79.7 Å². The summed E-state index contributed by atoms with van der Waals surface area (Å²) < 4.78 is 65.6. The summed E-state index contributed by atoms with van der Waals surface area (Å²) in [6.45, 7) is 4.53. The Hall–Kier alpha value is -3.08. The predicted molar refractivity (Wildman–Crippen MR) is 160 cm³/mol. The SMILES string of the molecule is C/C=C/C1CCC(c2ccc(-c3ccc(-c4ccc(OCCCCCCCCC)c(F)c4F)cc3)c(F)c2F)CC1. The van der Waals surface area contributed by atoms with Gasteiger partial charge in [0.25, 0.3) is 0 Å². The molecular formula is C36H42F4O. The van der Waals surface area contributed by atoms with Gasteiger partial charge >= 0.3 is 0 Å². The molecule has 3 aromatic rings. The third-order valence-corrected chi connectivity index (χ3v) is 8.35. The summed E-state index contributed by atoms with van der Waals surface area (Å²) in [5.74, 6) is -3.23. The van der Waals surface area contributed by atoms with E-state index in [1.807, 2.05) is 6.92 Å². The first-order chi connectivity index (χ1) is 19.9. The molecule has 1 fully saturated rings. The fourth-order valence-electron chi connectivity index (χ4n) is 5.93. The molecule has 41 heavy (non-hydrogen) atoms. The predicted octanol–water partition coefficient (Wildman–Crippen LogP) is 11.6. The van der Waals surface area contributed by atoms with Crippen LogP contribution >= 0.6 is 0 Å². The summed E-state index contributed by atoms with van der Waals surface area (Å²) in [7, 11) is 0. The minimum Gasteiger partial charge on any atom is -0.490 e. The number of benzene rings is 3. The third-order valence-electron chi connectivity index (χ3n) is 8.35. The van der Waals surface area contributed by atoms with Crippen LogP contribution in [0.2, 0.25) is 0 Å². The molecule has 3 aromatic carbocycles. The standard InChI is InChI=1S/C36H42F4O/c1-3-5-6-7-8-9-10-24-41-32-23-22-31(35(39)36(32)40)28-18-16-27(17-19-28)30-21-20-29(33(37)34(30)38)26-14-12-25(11-4-2)13-15-26/h4,11,16-23,25-26H,3,5-10,12-15,24H2,1-2H3/b11-4+. The fraction of sp³-hybridized carbons (Fsp3) is 0.444. The van der Waals surface area contributed by atoms with Crippen LogP contribution in [0.3, 0.4) is 0 Å². The van der Waals surface area contributed by atoms with Crippen molar-refractivity contribution in [3.05, 3.63) is 89.5 Å². The lowest BCUT2D eigenvalue weighted by Gasteiger charge is -2.27. The van der Waals surface area contributed by atoms with Crippen molar-refractivity contribution in [3.63, 3.8) is 0 Å². The molecular weight excluding hydrogens is 524 g/mol. The maximum Gasteiger partial charge on any atom is 0.201 e. The van der Waals surface area contributed by atoms with Crippen LogP contribution in [0, 0.1) is 29.2 Å². The average Bonchev–Trinajstić information content (AvgIpc) is 2.99. The molecule has 220 valence electrons. The van der Waals surface area contributed by atoms with Gasteiger partial charge in [-0.15, -0.1) is 0 Å². The first kappa shape index (κ1) is 30.9. The van der Waals surface area contributed by atoms with Crippen molar-refractivity contribution in [1.29, 1.82) is 0 Å². The van der Waals surface area contributed by atoms with Gasteiger partial charge in [-0.3, -0.25) is 0 Å². The van der Waals surface area contributed by atoms with Crippen LogP contribution in [-0.4, -0.2) is 6.61 Å². The molecule has 0 radical (unpaired) electrons. The Labute approximate surface area is 242 Å². The summed E-state index contributed by atoms with van der Waals surface area (Å²) in [5.41, 5.74) is 1.60. The van der Waals surface area contributed by atoms with Crippen molar-refractivity contribution >= 4 is 0 Å². The normalized spacial score (nSPS) is 17.3. The molecule has 5 heteroatoms. The van der Waals surface area contributed by atoms with Gasteiger partial charge in [0.1, 0.15) is 0 Å². The van der Waals surface area contributed by atoms with E-state index in [1.165, 1.54) is 37.8 Å². The van der Waals surface area contributed by atoms with Crippen LogP contribution in [0.1, 0.15) is 96.0 Å². The number of allylic oxidation sites excluding steroid dienone is 2. The molecule has 0 unspecified atom stereocenters.